The number of hydrogen-bond acceptors (Lipinski definition) is 6. The second-order valence-corrected chi connectivity index (χ2v) is 11.2. The molecule has 0 bridgehead atoms. The quantitative estimate of drug-likeness (QED) is 0.267. The van der Waals surface area contributed by atoms with Gasteiger partial charge >= 0.3 is 5.97 Å². The Kier molecular flexibility index (Phi) is 9.64. The molecule has 1 saturated carbocycles. The predicted octanol–water partition coefficient (Wildman–Crippen LogP) is 5.96. The molecule has 0 atom stereocenters. The predicted molar refractivity (Wildman–Crippen MR) is 148 cm³/mol. The van der Waals surface area contributed by atoms with Crippen LogP contribution in [0.1, 0.15) is 52.5 Å². The monoisotopic (exact) mass is 541 g/mol. The maximum absolute atomic E-state index is 13.3. The van der Waals surface area contributed by atoms with Gasteiger partial charge in [0, 0.05) is 41.4 Å². The lowest BCUT2D eigenvalue weighted by Gasteiger charge is -2.62. The van der Waals surface area contributed by atoms with Crippen molar-refractivity contribution in [1.82, 2.24) is 0 Å². The fraction of sp³-hybridized carbons (Fsp3) is 0.483. The van der Waals surface area contributed by atoms with Crippen LogP contribution in [0, 0.1) is 28.1 Å². The molecular formula is C29H36ClN3O5. The molecule has 0 unspecified atom stereocenters. The lowest BCUT2D eigenvalue weighted by atomic mass is 9.45. The first-order chi connectivity index (χ1) is 18.0. The summed E-state index contributed by atoms with van der Waals surface area (Å²) < 4.78 is 11.3. The van der Waals surface area contributed by atoms with Crippen LogP contribution in [0.25, 0.3) is 0 Å². The van der Waals surface area contributed by atoms with Crippen molar-refractivity contribution in [3.63, 3.8) is 0 Å². The molecule has 9 heteroatoms. The molecule has 1 amide bonds. The van der Waals surface area contributed by atoms with Crippen molar-refractivity contribution in [3.8, 4) is 11.8 Å². The Labute approximate surface area is 229 Å². The normalized spacial score (nSPS) is 19.1. The first kappa shape index (κ1) is 29.3. The maximum Gasteiger partial charge on any atom is 0.329 e. The lowest BCUT2D eigenvalue weighted by Crippen LogP contribution is -2.69. The highest BCUT2D eigenvalue weighted by Crippen LogP contribution is 2.60. The van der Waals surface area contributed by atoms with Crippen LogP contribution in [-0.4, -0.2) is 42.8 Å². The van der Waals surface area contributed by atoms with E-state index in [1.807, 2.05) is 58.0 Å². The molecule has 0 aliphatic heterocycles. The van der Waals surface area contributed by atoms with Gasteiger partial charge in [0.15, 0.2) is 0 Å². The molecule has 1 aliphatic rings. The van der Waals surface area contributed by atoms with E-state index in [-0.39, 0.29) is 24.5 Å². The zero-order valence-corrected chi connectivity index (χ0v) is 23.1. The fourth-order valence-electron chi connectivity index (χ4n) is 5.68. The van der Waals surface area contributed by atoms with Crippen LogP contribution >= 0.6 is 11.6 Å². The van der Waals surface area contributed by atoms with E-state index < -0.39 is 16.8 Å². The van der Waals surface area contributed by atoms with Crippen molar-refractivity contribution < 1.29 is 24.2 Å². The summed E-state index contributed by atoms with van der Waals surface area (Å²) in [5.41, 5.74) is 1.24. The summed E-state index contributed by atoms with van der Waals surface area (Å²) in [6, 6.07) is 14.7. The number of aliphatic carboxylic acids is 1. The second kappa shape index (κ2) is 12.5. The van der Waals surface area contributed by atoms with E-state index in [1.54, 1.807) is 18.2 Å². The summed E-state index contributed by atoms with van der Waals surface area (Å²) in [4.78, 5) is 23.7. The third-order valence-electron chi connectivity index (χ3n) is 7.09. The third kappa shape index (κ3) is 6.97. The second-order valence-electron chi connectivity index (χ2n) is 10.8. The van der Waals surface area contributed by atoms with E-state index in [9.17, 15) is 9.59 Å². The van der Waals surface area contributed by atoms with E-state index in [0.717, 1.165) is 37.2 Å². The van der Waals surface area contributed by atoms with Gasteiger partial charge in [-0.15, -0.1) is 0 Å². The first-order valence-corrected chi connectivity index (χ1v) is 13.1. The number of nitrogens with zero attached hydrogens (tertiary/aromatic N) is 1. The molecule has 8 nitrogen and oxygen atoms in total. The number of carbonyl (C=O) groups excluding carboxylic acids is 1. The SMILES string of the molecule is CC1(C)[C@H](Oc2ccc(C#N)c(Cl)c2)C(C)(C)[C@H]1C(=O)Nc1ccc(NCCCCCOCC(=O)O)cc1. The van der Waals surface area contributed by atoms with Crippen LogP contribution in [0.4, 0.5) is 11.4 Å². The third-order valence-corrected chi connectivity index (χ3v) is 7.40. The van der Waals surface area contributed by atoms with Crippen molar-refractivity contribution in [2.24, 2.45) is 16.7 Å². The van der Waals surface area contributed by atoms with Gasteiger partial charge in [0.05, 0.1) is 16.5 Å². The van der Waals surface area contributed by atoms with E-state index >= 15 is 0 Å². The highest BCUT2D eigenvalue weighted by Gasteiger charge is 2.66. The standard InChI is InChI=1S/C29H36ClN3O5/c1-28(2)25(29(3,4)27(28)38-22-13-8-19(17-31)23(30)16-22)26(36)33-21-11-9-20(10-12-21)32-14-6-5-7-15-37-18-24(34)35/h8-13,16,25,27,32H,5-7,14-15,18H2,1-4H3,(H,33,36)(H,34,35)/t25-,27-. The molecule has 0 saturated heterocycles. The summed E-state index contributed by atoms with van der Waals surface area (Å²) in [6.45, 7) is 9.12. The number of rotatable bonds is 13. The van der Waals surface area contributed by atoms with Gasteiger partial charge in [0.2, 0.25) is 5.91 Å². The number of anilines is 2. The number of nitriles is 1. The van der Waals surface area contributed by atoms with E-state index in [4.69, 9.17) is 31.4 Å². The van der Waals surface area contributed by atoms with Gasteiger partial charge in [-0.1, -0.05) is 39.3 Å². The largest absolute Gasteiger partial charge is 0.489 e. The van der Waals surface area contributed by atoms with Crippen molar-refractivity contribution in [3.05, 3.63) is 53.1 Å². The minimum absolute atomic E-state index is 0.0523. The number of unbranched alkanes of at least 4 members (excludes halogenated alkanes) is 2. The smallest absolute Gasteiger partial charge is 0.329 e. The number of carbonyl (C=O) groups is 2. The molecule has 3 rings (SSSR count). The molecule has 1 fully saturated rings. The van der Waals surface area contributed by atoms with E-state index in [0.29, 0.717) is 22.9 Å². The van der Waals surface area contributed by atoms with Gasteiger partial charge in [-0.05, 0) is 55.7 Å². The van der Waals surface area contributed by atoms with E-state index in [1.165, 1.54) is 0 Å². The van der Waals surface area contributed by atoms with Gasteiger partial charge in [-0.3, -0.25) is 4.79 Å². The molecule has 0 aromatic heterocycles. The number of ether oxygens (including phenoxy) is 2. The van der Waals surface area contributed by atoms with Crippen molar-refractivity contribution in [1.29, 1.82) is 5.26 Å². The lowest BCUT2D eigenvalue weighted by molar-refractivity contribution is -0.198. The molecule has 2 aromatic carbocycles. The Hall–Kier alpha value is -3.28. The van der Waals surface area contributed by atoms with Gasteiger partial charge in [-0.2, -0.15) is 5.26 Å². The van der Waals surface area contributed by atoms with Crippen LogP contribution in [0.3, 0.4) is 0 Å². The number of halogens is 1. The van der Waals surface area contributed by atoms with Gasteiger partial charge in [-0.25, -0.2) is 4.79 Å². The number of nitrogens with one attached hydrogen (secondary N) is 2. The van der Waals surface area contributed by atoms with Gasteiger partial charge < -0.3 is 25.2 Å². The minimum Gasteiger partial charge on any atom is -0.489 e. The topological polar surface area (TPSA) is 121 Å². The number of carboxylic acids is 1. The van der Waals surface area contributed by atoms with Crippen LogP contribution < -0.4 is 15.4 Å². The highest BCUT2D eigenvalue weighted by molar-refractivity contribution is 6.31. The molecule has 38 heavy (non-hydrogen) atoms. The fourth-order valence-corrected chi connectivity index (χ4v) is 5.90. The molecule has 204 valence electrons. The van der Waals surface area contributed by atoms with Crippen molar-refractivity contribution >= 4 is 34.9 Å². The summed E-state index contributed by atoms with van der Waals surface area (Å²) in [6.07, 6.45) is 2.49. The maximum atomic E-state index is 13.3. The summed E-state index contributed by atoms with van der Waals surface area (Å²) >= 11 is 6.17. The molecule has 2 aromatic rings. The number of hydrogen-bond donors (Lipinski definition) is 3. The number of benzene rings is 2. The number of carboxylic acid groups (broad SMARTS) is 1. The zero-order chi connectivity index (χ0) is 27.9. The Morgan fingerprint density at radius 1 is 1.03 bits per heavy atom. The summed E-state index contributed by atoms with van der Waals surface area (Å²) in [7, 11) is 0. The Balaban J connectivity index is 1.49. The van der Waals surface area contributed by atoms with Crippen molar-refractivity contribution in [2.45, 2.75) is 53.1 Å². The van der Waals surface area contributed by atoms with Crippen LogP contribution in [0.2, 0.25) is 5.02 Å². The molecule has 1 aliphatic carbocycles. The molecule has 0 heterocycles. The molecule has 0 spiro atoms. The van der Waals surface area contributed by atoms with E-state index in [2.05, 4.69) is 10.6 Å². The van der Waals surface area contributed by atoms with Crippen LogP contribution in [0.15, 0.2) is 42.5 Å². The average Bonchev–Trinajstić information content (AvgIpc) is 2.84. The van der Waals surface area contributed by atoms with Crippen LogP contribution in [0.5, 0.6) is 5.75 Å². The van der Waals surface area contributed by atoms with Gasteiger partial charge in [0.25, 0.3) is 0 Å². The Morgan fingerprint density at radius 3 is 2.29 bits per heavy atom. The minimum atomic E-state index is -0.949. The zero-order valence-electron chi connectivity index (χ0n) is 22.3. The summed E-state index contributed by atoms with van der Waals surface area (Å²) in [5, 5.41) is 24.4. The average molecular weight is 542 g/mol. The van der Waals surface area contributed by atoms with Crippen molar-refractivity contribution in [2.75, 3.05) is 30.4 Å². The molecular weight excluding hydrogens is 506 g/mol. The van der Waals surface area contributed by atoms with Gasteiger partial charge in [0.1, 0.15) is 24.5 Å². The first-order valence-electron chi connectivity index (χ1n) is 12.8. The Morgan fingerprint density at radius 2 is 1.68 bits per heavy atom. The molecule has 0 radical (unpaired) electrons. The Bertz CT molecular complexity index is 1160. The molecule has 3 N–H and O–H groups in total. The van der Waals surface area contributed by atoms with Crippen LogP contribution in [-0.2, 0) is 14.3 Å². The highest BCUT2D eigenvalue weighted by atomic mass is 35.5. The summed E-state index contributed by atoms with van der Waals surface area (Å²) in [5.74, 6) is -0.696. The number of amides is 1.